The van der Waals surface area contributed by atoms with Crippen LogP contribution in [-0.4, -0.2) is 42.0 Å². The number of rotatable bonds is 7. The Labute approximate surface area is 260 Å². The van der Waals surface area contributed by atoms with Crippen molar-refractivity contribution >= 4 is 17.5 Å². The molecule has 1 fully saturated rings. The Hall–Kier alpha value is -4.52. The molecule has 7 rings (SSSR count). The van der Waals surface area contributed by atoms with Gasteiger partial charge < -0.3 is 30.0 Å². The van der Waals surface area contributed by atoms with Crippen LogP contribution in [0.3, 0.4) is 0 Å². The summed E-state index contributed by atoms with van der Waals surface area (Å²) in [6.45, 7) is 1.07. The smallest absolute Gasteiger partial charge is 0.313 e. The molecule has 2 atom stereocenters. The number of carbonyl (C=O) groups excluding carboxylic acids is 1. The molecule has 13 heteroatoms. The summed E-state index contributed by atoms with van der Waals surface area (Å²) in [6.07, 6.45) is 3.12. The van der Waals surface area contributed by atoms with Gasteiger partial charge in [0, 0.05) is 36.3 Å². The van der Waals surface area contributed by atoms with Crippen LogP contribution in [-0.2, 0) is 23.3 Å². The molecule has 0 unspecified atom stereocenters. The number of ether oxygens (including phenoxy) is 4. The largest absolute Gasteiger partial charge is 0.480 e. The minimum atomic E-state index is -1.11. The van der Waals surface area contributed by atoms with E-state index >= 15 is 8.78 Å². The first-order chi connectivity index (χ1) is 21.7. The molecule has 232 valence electrons. The van der Waals surface area contributed by atoms with Crippen LogP contribution in [0.1, 0.15) is 34.3 Å². The SMILES string of the molecule is COCCn1ncc2c(c1=O)Oc1c(cc(C(N)=O)c(-c3c(Cl)c(F)cc4c3C[C@](c3ccccc3)([C@@H]3CCCN3)O4)c1F)O2. The first-order valence-electron chi connectivity index (χ1n) is 14.3. The molecule has 4 heterocycles. The van der Waals surface area contributed by atoms with Gasteiger partial charge in [0.15, 0.2) is 22.9 Å². The third kappa shape index (κ3) is 4.63. The minimum Gasteiger partial charge on any atom is -0.480 e. The van der Waals surface area contributed by atoms with Crippen LogP contribution in [0.25, 0.3) is 11.1 Å². The summed E-state index contributed by atoms with van der Waals surface area (Å²) in [4.78, 5) is 25.9. The number of nitrogens with zero attached hydrogens (tertiary/aromatic N) is 2. The van der Waals surface area contributed by atoms with Crippen molar-refractivity contribution in [3.63, 3.8) is 0 Å². The van der Waals surface area contributed by atoms with E-state index < -0.39 is 45.0 Å². The van der Waals surface area contributed by atoms with E-state index in [9.17, 15) is 9.59 Å². The van der Waals surface area contributed by atoms with Gasteiger partial charge in [-0.3, -0.25) is 9.59 Å². The maximum absolute atomic E-state index is 16.8. The Balaban J connectivity index is 1.41. The Bertz CT molecular complexity index is 1910. The van der Waals surface area contributed by atoms with Gasteiger partial charge in [0.1, 0.15) is 11.6 Å². The highest BCUT2D eigenvalue weighted by molar-refractivity contribution is 6.34. The van der Waals surface area contributed by atoms with Gasteiger partial charge in [-0.25, -0.2) is 13.5 Å². The summed E-state index contributed by atoms with van der Waals surface area (Å²) in [5.74, 6) is -3.97. The highest BCUT2D eigenvalue weighted by atomic mass is 35.5. The second-order valence-corrected chi connectivity index (χ2v) is 11.5. The molecule has 3 aliphatic rings. The number of primary amides is 1. The van der Waals surface area contributed by atoms with Crippen LogP contribution < -0.4 is 30.8 Å². The molecule has 4 aromatic rings. The number of hydrogen-bond acceptors (Lipinski definition) is 8. The second-order valence-electron chi connectivity index (χ2n) is 11.1. The molecular weight excluding hydrogens is 610 g/mol. The van der Waals surface area contributed by atoms with Gasteiger partial charge in [0.2, 0.25) is 17.4 Å². The molecule has 0 aliphatic carbocycles. The monoisotopic (exact) mass is 636 g/mol. The molecule has 0 bridgehead atoms. The Morgan fingerprint density at radius 3 is 2.67 bits per heavy atom. The van der Waals surface area contributed by atoms with E-state index in [0.29, 0.717) is 5.56 Å². The molecule has 0 radical (unpaired) electrons. The highest BCUT2D eigenvalue weighted by Crippen LogP contribution is 2.54. The van der Waals surface area contributed by atoms with Crippen molar-refractivity contribution in [1.82, 2.24) is 15.1 Å². The molecule has 3 aromatic carbocycles. The fraction of sp³-hybridized carbons (Fsp3) is 0.281. The number of amides is 1. The minimum absolute atomic E-state index is 0.0847. The Morgan fingerprint density at radius 2 is 1.96 bits per heavy atom. The van der Waals surface area contributed by atoms with Gasteiger partial charge in [-0.2, -0.15) is 5.10 Å². The molecule has 3 aliphatic heterocycles. The molecule has 0 spiro atoms. The van der Waals surface area contributed by atoms with Gasteiger partial charge >= 0.3 is 5.56 Å². The van der Waals surface area contributed by atoms with Crippen LogP contribution in [0.15, 0.2) is 53.5 Å². The number of methoxy groups -OCH3 is 1. The van der Waals surface area contributed by atoms with Crippen LogP contribution in [0.2, 0.25) is 5.02 Å². The average molecular weight is 637 g/mol. The van der Waals surface area contributed by atoms with E-state index in [0.717, 1.165) is 29.6 Å². The lowest BCUT2D eigenvalue weighted by molar-refractivity contribution is 0.0539. The van der Waals surface area contributed by atoms with Gasteiger partial charge in [-0.1, -0.05) is 41.9 Å². The van der Waals surface area contributed by atoms with E-state index in [1.807, 2.05) is 30.3 Å². The van der Waals surface area contributed by atoms with Crippen molar-refractivity contribution in [3.05, 3.63) is 92.4 Å². The van der Waals surface area contributed by atoms with Gasteiger partial charge in [0.05, 0.1) is 36.0 Å². The summed E-state index contributed by atoms with van der Waals surface area (Å²) in [6, 6.07) is 11.7. The molecule has 1 aromatic heterocycles. The number of halogens is 3. The number of fused-ring (bicyclic) bond motifs is 3. The summed E-state index contributed by atoms with van der Waals surface area (Å²) in [5, 5.41) is 7.10. The molecule has 45 heavy (non-hydrogen) atoms. The predicted octanol–water partition coefficient (Wildman–Crippen LogP) is 5.07. The zero-order valence-corrected chi connectivity index (χ0v) is 24.7. The Kier molecular flexibility index (Phi) is 7.22. The summed E-state index contributed by atoms with van der Waals surface area (Å²) < 4.78 is 56.6. The maximum Gasteiger partial charge on any atom is 0.313 e. The molecule has 10 nitrogen and oxygen atoms in total. The topological polar surface area (TPSA) is 127 Å². The van der Waals surface area contributed by atoms with E-state index in [2.05, 4.69) is 10.4 Å². The third-order valence-electron chi connectivity index (χ3n) is 8.50. The van der Waals surface area contributed by atoms with Crippen molar-refractivity contribution in [1.29, 1.82) is 0 Å². The summed E-state index contributed by atoms with van der Waals surface area (Å²) in [7, 11) is 1.47. The zero-order valence-electron chi connectivity index (χ0n) is 24.0. The van der Waals surface area contributed by atoms with E-state index in [4.69, 9.17) is 36.3 Å². The maximum atomic E-state index is 16.8. The fourth-order valence-corrected chi connectivity index (χ4v) is 6.68. The first-order valence-corrected chi connectivity index (χ1v) is 14.7. The van der Waals surface area contributed by atoms with Crippen molar-refractivity contribution in [2.24, 2.45) is 5.73 Å². The van der Waals surface area contributed by atoms with Crippen LogP contribution in [0, 0.1) is 11.6 Å². The van der Waals surface area contributed by atoms with Crippen molar-refractivity contribution in [2.45, 2.75) is 37.5 Å². The van der Waals surface area contributed by atoms with Gasteiger partial charge in [-0.05, 0) is 31.0 Å². The van der Waals surface area contributed by atoms with E-state index in [1.54, 1.807) is 0 Å². The molecule has 3 N–H and O–H groups in total. The number of benzene rings is 3. The predicted molar refractivity (Wildman–Crippen MR) is 159 cm³/mol. The summed E-state index contributed by atoms with van der Waals surface area (Å²) in [5.41, 5.74) is 4.51. The van der Waals surface area contributed by atoms with Crippen molar-refractivity contribution in [3.8, 4) is 39.9 Å². The fourth-order valence-electron chi connectivity index (χ4n) is 6.42. The molecular formula is C32H27ClF2N4O6. The average Bonchev–Trinajstić information content (AvgIpc) is 3.71. The van der Waals surface area contributed by atoms with E-state index in [1.165, 1.54) is 25.4 Å². The molecule has 1 amide bonds. The van der Waals surface area contributed by atoms with Crippen molar-refractivity contribution < 1.29 is 32.5 Å². The lowest BCUT2D eigenvalue weighted by atomic mass is 9.80. The van der Waals surface area contributed by atoms with E-state index in [-0.39, 0.29) is 59.7 Å². The quantitative estimate of drug-likeness (QED) is 0.254. The standard InChI is InChI=1S/C32H27ClF2N4O6/c1-42-11-10-39-31(41)29-22(15-38-39)43-21-12-17(30(36)40)25(27(35)28(21)44-29)24-18-14-32(23-8-5-9-37-23,16-6-3-2-4-7-16)45-20(18)13-19(34)26(24)33/h2-4,6-7,12-13,15,23,37H,5,8-11,14H2,1H3,(H2,36,40)/t23-,32-/m0/s1. The lowest BCUT2D eigenvalue weighted by Crippen LogP contribution is -2.48. The number of hydrogen-bond donors (Lipinski definition) is 2. The lowest BCUT2D eigenvalue weighted by Gasteiger charge is -2.35. The van der Waals surface area contributed by atoms with Gasteiger partial charge in [-0.15, -0.1) is 0 Å². The number of nitrogens with one attached hydrogen (secondary N) is 1. The zero-order chi connectivity index (χ0) is 31.5. The summed E-state index contributed by atoms with van der Waals surface area (Å²) >= 11 is 6.61. The van der Waals surface area contributed by atoms with Gasteiger partial charge in [0.25, 0.3) is 0 Å². The highest BCUT2D eigenvalue weighted by Gasteiger charge is 2.50. The second kappa shape index (κ2) is 11.1. The third-order valence-corrected chi connectivity index (χ3v) is 8.87. The normalized spacial score (nSPS) is 19.6. The Morgan fingerprint density at radius 1 is 1.16 bits per heavy atom. The number of carbonyl (C=O) groups is 1. The van der Waals surface area contributed by atoms with Crippen LogP contribution in [0.4, 0.5) is 8.78 Å². The van der Waals surface area contributed by atoms with Crippen LogP contribution in [0.5, 0.6) is 28.7 Å². The van der Waals surface area contributed by atoms with Crippen LogP contribution >= 0.6 is 11.6 Å². The first kappa shape index (κ1) is 29.2. The number of nitrogens with two attached hydrogens (primary N) is 1. The molecule has 0 saturated carbocycles. The van der Waals surface area contributed by atoms with Crippen molar-refractivity contribution in [2.75, 3.05) is 20.3 Å². The number of aromatic nitrogens is 2. The molecule has 1 saturated heterocycles.